The lowest BCUT2D eigenvalue weighted by Gasteiger charge is -2.19. The van der Waals surface area contributed by atoms with E-state index in [1.54, 1.807) is 0 Å². The molecular formula is C66H83N. The van der Waals surface area contributed by atoms with Crippen molar-refractivity contribution in [3.63, 3.8) is 0 Å². The molecule has 0 saturated carbocycles. The first-order valence-electron chi connectivity index (χ1n) is 25.3. The van der Waals surface area contributed by atoms with E-state index in [1.807, 2.05) is 44.2 Å². The molecule has 5 unspecified atom stereocenters. The minimum Gasteiger partial charge on any atom is -0.388 e. The number of nitrogens with one attached hydrogen (secondary N) is 1. The minimum atomic E-state index is 0.338. The molecule has 2 aromatic rings. The number of allylic oxidation sites excluding steroid dienone is 29. The van der Waals surface area contributed by atoms with Gasteiger partial charge >= 0.3 is 0 Å². The minimum absolute atomic E-state index is 0.338. The molecule has 0 aromatic heterocycles. The molecular weight excluding hydrogens is 807 g/mol. The summed E-state index contributed by atoms with van der Waals surface area (Å²) >= 11 is 0. The highest BCUT2D eigenvalue weighted by Crippen LogP contribution is 2.33. The Morgan fingerprint density at radius 3 is 2.19 bits per heavy atom. The van der Waals surface area contributed by atoms with E-state index in [-0.39, 0.29) is 0 Å². The topological polar surface area (TPSA) is 12.0 Å². The third kappa shape index (κ3) is 19.4. The van der Waals surface area contributed by atoms with Crippen molar-refractivity contribution in [1.29, 1.82) is 0 Å². The highest BCUT2D eigenvalue weighted by Gasteiger charge is 2.17. The van der Waals surface area contributed by atoms with Crippen LogP contribution in [0.5, 0.6) is 0 Å². The van der Waals surface area contributed by atoms with Crippen LogP contribution in [-0.4, -0.2) is 6.04 Å². The van der Waals surface area contributed by atoms with E-state index in [2.05, 4.69) is 223 Å². The van der Waals surface area contributed by atoms with Crippen molar-refractivity contribution in [3.8, 4) is 0 Å². The largest absolute Gasteiger partial charge is 0.388 e. The van der Waals surface area contributed by atoms with Crippen LogP contribution in [0, 0.1) is 11.8 Å². The van der Waals surface area contributed by atoms with Gasteiger partial charge in [0.15, 0.2) is 0 Å². The molecule has 3 aliphatic carbocycles. The number of rotatable bonds is 21. The van der Waals surface area contributed by atoms with Crippen LogP contribution in [0.15, 0.2) is 241 Å². The third-order valence-electron chi connectivity index (χ3n) is 12.8. The molecule has 5 rings (SSSR count). The third-order valence-corrected chi connectivity index (χ3v) is 12.8. The Bertz CT molecular complexity index is 2250. The monoisotopic (exact) mass is 890 g/mol. The maximum Gasteiger partial charge on any atom is 0.0290 e. The highest BCUT2D eigenvalue weighted by molar-refractivity contribution is 5.75. The molecule has 0 aliphatic heterocycles. The lowest BCUT2D eigenvalue weighted by molar-refractivity contribution is 0.524. The second-order valence-electron chi connectivity index (χ2n) is 18.0. The lowest BCUT2D eigenvalue weighted by atomic mass is 9.86. The molecule has 0 saturated heterocycles. The first kappa shape index (κ1) is 53.7. The summed E-state index contributed by atoms with van der Waals surface area (Å²) in [5.74, 6) is 1.87. The molecule has 0 amide bonds. The average molecular weight is 890 g/mol. The first-order valence-corrected chi connectivity index (χ1v) is 25.3. The fourth-order valence-corrected chi connectivity index (χ4v) is 8.97. The van der Waals surface area contributed by atoms with Gasteiger partial charge in [0.2, 0.25) is 0 Å². The van der Waals surface area contributed by atoms with Crippen molar-refractivity contribution in [1.82, 2.24) is 5.32 Å². The summed E-state index contributed by atoms with van der Waals surface area (Å²) < 4.78 is 0. The van der Waals surface area contributed by atoms with Crippen molar-refractivity contribution < 1.29 is 0 Å². The van der Waals surface area contributed by atoms with Crippen molar-refractivity contribution in [2.45, 2.75) is 131 Å². The van der Waals surface area contributed by atoms with Crippen LogP contribution in [-0.2, 0) is 0 Å². The van der Waals surface area contributed by atoms with Gasteiger partial charge in [0.05, 0.1) is 0 Å². The maximum atomic E-state index is 4.00. The Kier molecular flexibility index (Phi) is 25.6. The molecule has 0 heterocycles. The average Bonchev–Trinajstić information content (AvgIpc) is 3.61. The molecule has 1 N–H and O–H groups in total. The molecule has 1 heteroatoms. The zero-order valence-corrected chi connectivity index (χ0v) is 42.3. The van der Waals surface area contributed by atoms with Crippen LogP contribution >= 0.6 is 0 Å². The Hall–Kier alpha value is -5.92. The summed E-state index contributed by atoms with van der Waals surface area (Å²) in [6.45, 7) is 18.9. The van der Waals surface area contributed by atoms with Crippen molar-refractivity contribution in [3.05, 3.63) is 258 Å². The lowest BCUT2D eigenvalue weighted by Crippen LogP contribution is -2.23. The van der Waals surface area contributed by atoms with Gasteiger partial charge in [0.1, 0.15) is 0 Å². The van der Waals surface area contributed by atoms with Gasteiger partial charge < -0.3 is 5.32 Å². The summed E-state index contributed by atoms with van der Waals surface area (Å²) in [5, 5.41) is 3.76. The molecule has 1 nitrogen and oxygen atoms in total. The van der Waals surface area contributed by atoms with Gasteiger partial charge in [-0.15, -0.1) is 0 Å². The summed E-state index contributed by atoms with van der Waals surface area (Å²) in [4.78, 5) is 0. The molecule has 0 spiro atoms. The molecule has 5 atom stereocenters. The smallest absolute Gasteiger partial charge is 0.0290 e. The van der Waals surface area contributed by atoms with Gasteiger partial charge in [-0.25, -0.2) is 0 Å². The summed E-state index contributed by atoms with van der Waals surface area (Å²) in [6, 6.07) is 20.7. The van der Waals surface area contributed by atoms with E-state index in [1.165, 1.54) is 50.1 Å². The second-order valence-corrected chi connectivity index (χ2v) is 18.0. The van der Waals surface area contributed by atoms with E-state index < -0.39 is 0 Å². The number of hydrogen-bond donors (Lipinski definition) is 1. The molecule has 3 aliphatic rings. The van der Waals surface area contributed by atoms with Gasteiger partial charge in [-0.05, 0) is 168 Å². The highest BCUT2D eigenvalue weighted by atomic mass is 14.9. The normalized spacial score (nSPS) is 21.4. The summed E-state index contributed by atoms with van der Waals surface area (Å²) in [6.07, 6.45) is 66.7. The molecule has 0 fully saturated rings. The van der Waals surface area contributed by atoms with Crippen molar-refractivity contribution >= 4 is 5.57 Å². The molecule has 0 bridgehead atoms. The fourth-order valence-electron chi connectivity index (χ4n) is 8.97. The van der Waals surface area contributed by atoms with Gasteiger partial charge in [-0.1, -0.05) is 214 Å². The van der Waals surface area contributed by atoms with E-state index in [9.17, 15) is 0 Å². The van der Waals surface area contributed by atoms with Gasteiger partial charge in [-0.2, -0.15) is 0 Å². The van der Waals surface area contributed by atoms with Gasteiger partial charge in [-0.3, -0.25) is 0 Å². The van der Waals surface area contributed by atoms with Crippen LogP contribution in [0.1, 0.15) is 141 Å². The van der Waals surface area contributed by atoms with E-state index in [4.69, 9.17) is 0 Å². The predicted molar refractivity (Wildman–Crippen MR) is 299 cm³/mol. The van der Waals surface area contributed by atoms with Crippen molar-refractivity contribution in [2.24, 2.45) is 11.8 Å². The molecule has 352 valence electrons. The van der Waals surface area contributed by atoms with E-state index in [0.29, 0.717) is 29.7 Å². The van der Waals surface area contributed by atoms with Crippen molar-refractivity contribution in [2.75, 3.05) is 0 Å². The Labute approximate surface area is 409 Å². The Morgan fingerprint density at radius 1 is 0.761 bits per heavy atom. The Balaban J connectivity index is 0.00000153. The zero-order valence-electron chi connectivity index (χ0n) is 42.3. The SMILES string of the molecule is C/C=C\C=C/C.C=C/C=C(CCC/C(=C\C/C=C\C(=C/C)C(/C=C\C)CC=CNC1CC=CC(c2ccc(C3=CC(C)CC=C3)cc2)CC1)C1=CCC(c2ccccc2)C=C1)/C(C)=C/C=C\C. The Morgan fingerprint density at radius 2 is 1.52 bits per heavy atom. The number of benzene rings is 2. The molecule has 2 aromatic carbocycles. The maximum absolute atomic E-state index is 4.00. The first-order chi connectivity index (χ1) is 32.8. The quantitative estimate of drug-likeness (QED) is 0.0973. The van der Waals surface area contributed by atoms with Crippen LogP contribution in [0.4, 0.5) is 0 Å². The molecule has 0 radical (unpaired) electrons. The molecule has 67 heavy (non-hydrogen) atoms. The van der Waals surface area contributed by atoms with Crippen LogP contribution in [0.2, 0.25) is 0 Å². The van der Waals surface area contributed by atoms with E-state index >= 15 is 0 Å². The number of hydrogen-bond acceptors (Lipinski definition) is 1. The van der Waals surface area contributed by atoms with Crippen LogP contribution < -0.4 is 5.32 Å². The zero-order chi connectivity index (χ0) is 47.9. The predicted octanol–water partition coefficient (Wildman–Crippen LogP) is 19.0. The van der Waals surface area contributed by atoms with Crippen LogP contribution in [0.25, 0.3) is 5.57 Å². The van der Waals surface area contributed by atoms with Gasteiger partial charge in [0, 0.05) is 23.8 Å². The standard InChI is InChI=1S/C60H73N.C6H10/c1-7-11-24-48(6)50(21-8-2)29-18-30-53(56-37-35-55(36-38-56)52-26-13-12-14-27-52)28-16-15-25-49(10-4)51(22-9-3)33-20-45-61-60-34-19-31-54(43-44-60)57-39-41-58(42-40-57)59-32-17-23-47(5)46-59;1-3-5-6-4-2/h7-15,17,19-22,24-28,31-32,35,37-42,45-47,51,54-55,60-61H,2,16,18,23,29-30,33-34,36,43-44H2,1,3-6H3;3-6H,1-2H3/b11-7-,22-9-,25-15-,45-20?,48-24+,49-10+,50-21+,53-28+;5-3-,6-4-. The summed E-state index contributed by atoms with van der Waals surface area (Å²) in [7, 11) is 0. The van der Waals surface area contributed by atoms with Gasteiger partial charge in [0.25, 0.3) is 0 Å². The fraction of sp³-hybridized carbons (Fsp3) is 0.333. The second kappa shape index (κ2) is 31.9. The van der Waals surface area contributed by atoms with Crippen LogP contribution in [0.3, 0.4) is 0 Å². The summed E-state index contributed by atoms with van der Waals surface area (Å²) in [5.41, 5.74) is 12.3. The van der Waals surface area contributed by atoms with E-state index in [0.717, 1.165) is 64.2 Å².